The Kier molecular flexibility index (Phi) is 5.34. The monoisotopic (exact) mass is 360 g/mol. The lowest BCUT2D eigenvalue weighted by Crippen LogP contribution is -2.38. The molecule has 0 fully saturated rings. The maximum Gasteiger partial charge on any atom is 0.317 e. The molecule has 0 spiro atoms. The van der Waals surface area contributed by atoms with E-state index < -0.39 is 0 Å². The molecule has 2 amide bonds. The fourth-order valence-corrected chi connectivity index (χ4v) is 2.77. The van der Waals surface area contributed by atoms with Crippen LogP contribution in [0.3, 0.4) is 0 Å². The molecular weight excluding hydrogens is 340 g/mol. The molecule has 1 aliphatic heterocycles. The lowest BCUT2D eigenvalue weighted by molar-refractivity contribution is 0.171. The third kappa shape index (κ3) is 4.37. The molecule has 1 aliphatic rings. The van der Waals surface area contributed by atoms with Crippen LogP contribution in [-0.4, -0.2) is 31.2 Å². The summed E-state index contributed by atoms with van der Waals surface area (Å²) in [6.45, 7) is 3.56. The topological polar surface area (TPSA) is 50.8 Å². The molecule has 0 bridgehead atoms. The van der Waals surface area contributed by atoms with Crippen LogP contribution in [0.4, 0.5) is 4.79 Å². The maximum absolute atomic E-state index is 12.4. The van der Waals surface area contributed by atoms with Gasteiger partial charge in [0, 0.05) is 18.6 Å². The van der Waals surface area contributed by atoms with Crippen LogP contribution in [-0.2, 0) is 6.54 Å². The number of hydrogen-bond donors (Lipinski definition) is 1. The van der Waals surface area contributed by atoms with Gasteiger partial charge >= 0.3 is 6.03 Å². The lowest BCUT2D eigenvalue weighted by Gasteiger charge is -2.23. The first-order valence-electron chi connectivity index (χ1n) is 8.18. The minimum atomic E-state index is -0.143. The van der Waals surface area contributed by atoms with Crippen LogP contribution in [0.2, 0.25) is 5.02 Å². The van der Waals surface area contributed by atoms with Crippen LogP contribution in [0, 0.1) is 0 Å². The zero-order valence-electron chi connectivity index (χ0n) is 14.3. The van der Waals surface area contributed by atoms with Crippen molar-refractivity contribution in [2.45, 2.75) is 19.5 Å². The van der Waals surface area contributed by atoms with Crippen LogP contribution >= 0.6 is 11.6 Å². The van der Waals surface area contributed by atoms with Crippen LogP contribution < -0.4 is 14.8 Å². The number of rotatable bonds is 4. The molecule has 2 aromatic carbocycles. The highest BCUT2D eigenvalue weighted by Gasteiger charge is 2.17. The van der Waals surface area contributed by atoms with Gasteiger partial charge in [-0.25, -0.2) is 4.79 Å². The Balaban J connectivity index is 1.60. The number of carbonyl (C=O) groups excluding carboxylic acids is 1. The number of fused-ring (bicyclic) bond motifs is 1. The zero-order valence-corrected chi connectivity index (χ0v) is 15.0. The minimum absolute atomic E-state index is 0.141. The Morgan fingerprint density at radius 3 is 2.56 bits per heavy atom. The van der Waals surface area contributed by atoms with Gasteiger partial charge in [-0.3, -0.25) is 0 Å². The normalized spacial score (nSPS) is 13.9. The van der Waals surface area contributed by atoms with Gasteiger partial charge in [0.15, 0.2) is 11.5 Å². The first-order valence-corrected chi connectivity index (χ1v) is 8.56. The molecule has 1 N–H and O–H groups in total. The number of amides is 2. The number of carbonyl (C=O) groups is 1. The number of hydrogen-bond acceptors (Lipinski definition) is 3. The van der Waals surface area contributed by atoms with Gasteiger partial charge in [-0.1, -0.05) is 29.8 Å². The number of benzene rings is 2. The summed E-state index contributed by atoms with van der Waals surface area (Å²) >= 11 is 5.89. The Labute approximate surface area is 152 Å². The molecule has 25 heavy (non-hydrogen) atoms. The molecule has 1 heterocycles. The molecule has 0 aromatic heterocycles. The van der Waals surface area contributed by atoms with Gasteiger partial charge in [0.1, 0.15) is 13.2 Å². The van der Waals surface area contributed by atoms with Crippen molar-refractivity contribution in [3.8, 4) is 11.5 Å². The van der Waals surface area contributed by atoms with Crippen molar-refractivity contribution in [3.63, 3.8) is 0 Å². The second-order valence-corrected chi connectivity index (χ2v) is 6.49. The SMILES string of the molecule is CC(NC(=O)N(C)Cc1ccc(Cl)cc1)c1ccc2c(c1)OCCO2. The smallest absolute Gasteiger partial charge is 0.317 e. The molecule has 1 unspecified atom stereocenters. The third-order valence-electron chi connectivity index (χ3n) is 4.09. The lowest BCUT2D eigenvalue weighted by atomic mass is 10.1. The van der Waals surface area contributed by atoms with Gasteiger partial charge in [0.05, 0.1) is 6.04 Å². The van der Waals surface area contributed by atoms with Gasteiger partial charge in [-0.2, -0.15) is 0 Å². The van der Waals surface area contributed by atoms with Crippen LogP contribution in [0.15, 0.2) is 42.5 Å². The van der Waals surface area contributed by atoms with E-state index in [-0.39, 0.29) is 12.1 Å². The molecule has 1 atom stereocenters. The molecule has 2 aromatic rings. The molecule has 6 heteroatoms. The summed E-state index contributed by atoms with van der Waals surface area (Å²) in [5.74, 6) is 1.47. The van der Waals surface area contributed by atoms with Crippen LogP contribution in [0.1, 0.15) is 24.1 Å². The van der Waals surface area contributed by atoms with E-state index in [2.05, 4.69) is 5.32 Å². The summed E-state index contributed by atoms with van der Waals surface area (Å²) in [5.41, 5.74) is 1.99. The van der Waals surface area contributed by atoms with E-state index in [1.165, 1.54) is 0 Å². The van der Waals surface area contributed by atoms with Crippen molar-refractivity contribution in [1.82, 2.24) is 10.2 Å². The minimum Gasteiger partial charge on any atom is -0.486 e. The van der Waals surface area contributed by atoms with Crippen molar-refractivity contribution in [3.05, 3.63) is 58.6 Å². The number of urea groups is 1. The van der Waals surface area contributed by atoms with E-state index in [9.17, 15) is 4.79 Å². The van der Waals surface area contributed by atoms with Crippen LogP contribution in [0.25, 0.3) is 0 Å². The van der Waals surface area contributed by atoms with Gasteiger partial charge in [-0.15, -0.1) is 0 Å². The van der Waals surface area contributed by atoms with Crippen molar-refractivity contribution in [2.24, 2.45) is 0 Å². The van der Waals surface area contributed by atoms with Crippen LogP contribution in [0.5, 0.6) is 11.5 Å². The van der Waals surface area contributed by atoms with E-state index >= 15 is 0 Å². The molecule has 0 saturated carbocycles. The van der Waals surface area contributed by atoms with Gasteiger partial charge in [0.2, 0.25) is 0 Å². The quantitative estimate of drug-likeness (QED) is 0.896. The number of nitrogens with one attached hydrogen (secondary N) is 1. The van der Waals surface area contributed by atoms with Gasteiger partial charge < -0.3 is 19.7 Å². The Morgan fingerprint density at radius 1 is 1.16 bits per heavy atom. The zero-order chi connectivity index (χ0) is 17.8. The number of ether oxygens (including phenoxy) is 2. The first-order chi connectivity index (χ1) is 12.0. The molecule has 0 radical (unpaired) electrons. The highest BCUT2D eigenvalue weighted by atomic mass is 35.5. The Bertz CT molecular complexity index is 749. The predicted molar refractivity (Wildman–Crippen MR) is 97.3 cm³/mol. The molecular formula is C19H21ClN2O3. The van der Waals surface area contributed by atoms with Crippen molar-refractivity contribution in [1.29, 1.82) is 0 Å². The Morgan fingerprint density at radius 2 is 1.84 bits per heavy atom. The largest absolute Gasteiger partial charge is 0.486 e. The summed E-state index contributed by atoms with van der Waals surface area (Å²) in [6, 6.07) is 12.9. The van der Waals surface area contributed by atoms with Crippen molar-refractivity contribution < 1.29 is 14.3 Å². The third-order valence-corrected chi connectivity index (χ3v) is 4.34. The van der Waals surface area contributed by atoms with E-state index in [4.69, 9.17) is 21.1 Å². The fraction of sp³-hybridized carbons (Fsp3) is 0.316. The van der Waals surface area contributed by atoms with E-state index in [1.54, 1.807) is 11.9 Å². The summed E-state index contributed by atoms with van der Waals surface area (Å²) in [5, 5.41) is 3.68. The van der Waals surface area contributed by atoms with E-state index in [1.807, 2.05) is 49.4 Å². The van der Waals surface area contributed by atoms with Gasteiger partial charge in [-0.05, 0) is 42.3 Å². The maximum atomic E-state index is 12.4. The summed E-state index contributed by atoms with van der Waals surface area (Å²) in [6.07, 6.45) is 0. The van der Waals surface area contributed by atoms with Crippen molar-refractivity contribution >= 4 is 17.6 Å². The summed E-state index contributed by atoms with van der Waals surface area (Å²) < 4.78 is 11.1. The number of halogens is 1. The summed E-state index contributed by atoms with van der Waals surface area (Å²) in [7, 11) is 1.76. The molecule has 132 valence electrons. The highest BCUT2D eigenvalue weighted by molar-refractivity contribution is 6.30. The molecule has 3 rings (SSSR count). The molecule has 5 nitrogen and oxygen atoms in total. The van der Waals surface area contributed by atoms with E-state index in [0.717, 1.165) is 22.6 Å². The first kappa shape index (κ1) is 17.4. The highest BCUT2D eigenvalue weighted by Crippen LogP contribution is 2.32. The average molecular weight is 361 g/mol. The van der Waals surface area contributed by atoms with Gasteiger partial charge in [0.25, 0.3) is 0 Å². The second-order valence-electron chi connectivity index (χ2n) is 6.06. The van der Waals surface area contributed by atoms with Crippen molar-refractivity contribution in [2.75, 3.05) is 20.3 Å². The second kappa shape index (κ2) is 7.66. The molecule has 0 saturated heterocycles. The average Bonchev–Trinajstić information content (AvgIpc) is 2.63. The summed E-state index contributed by atoms with van der Waals surface area (Å²) in [4.78, 5) is 14.1. The number of nitrogens with zero attached hydrogens (tertiary/aromatic N) is 1. The predicted octanol–water partition coefficient (Wildman–Crippen LogP) is 4.01. The Hall–Kier alpha value is -2.40. The molecule has 0 aliphatic carbocycles. The standard InChI is InChI=1S/C19H21ClN2O3/c1-13(15-5-8-17-18(11-15)25-10-9-24-17)21-19(23)22(2)12-14-3-6-16(20)7-4-14/h3-8,11,13H,9-10,12H2,1-2H3,(H,21,23). The fourth-order valence-electron chi connectivity index (χ4n) is 2.64. The van der Waals surface area contributed by atoms with E-state index in [0.29, 0.717) is 24.8 Å².